The molecule has 9 heteroatoms. The van der Waals surface area contributed by atoms with E-state index in [0.717, 1.165) is 5.56 Å². The lowest BCUT2D eigenvalue weighted by molar-refractivity contribution is -0.382. The Morgan fingerprint density at radius 2 is 1.77 bits per heavy atom. The highest BCUT2D eigenvalue weighted by Gasteiger charge is 2.23. The highest BCUT2D eigenvalue weighted by Crippen LogP contribution is 2.34. The first-order valence-electron chi connectivity index (χ1n) is 9.68. The number of benzene rings is 2. The molecule has 1 N–H and O–H groups in total. The number of nitrogens with zero attached hydrogens (tertiary/aromatic N) is 3. The van der Waals surface area contributed by atoms with Crippen molar-refractivity contribution in [3.63, 3.8) is 0 Å². The lowest BCUT2D eigenvalue weighted by Crippen LogP contribution is -2.30. The normalized spacial score (nSPS) is 12.8. The number of nitrogens with one attached hydrogen (secondary N) is 1. The fraction of sp³-hybridized carbons (Fsp3) is 0.286. The quantitative estimate of drug-likeness (QED) is 0.422. The number of pyridine rings is 1. The van der Waals surface area contributed by atoms with Crippen molar-refractivity contribution in [2.45, 2.75) is 31.7 Å². The fourth-order valence-electron chi connectivity index (χ4n) is 3.41. The molecule has 30 heavy (non-hydrogen) atoms. The Labute approximate surface area is 175 Å². The molecular formula is C21H24N4O4S. The van der Waals surface area contributed by atoms with Crippen molar-refractivity contribution in [2.24, 2.45) is 0 Å². The van der Waals surface area contributed by atoms with Gasteiger partial charge in [0.2, 0.25) is 10.0 Å². The summed E-state index contributed by atoms with van der Waals surface area (Å²) in [7, 11) is -3.53. The molecule has 1 atom stereocenters. The predicted molar refractivity (Wildman–Crippen MR) is 117 cm³/mol. The van der Waals surface area contributed by atoms with Crippen LogP contribution in [0.1, 0.15) is 32.4 Å². The molecule has 3 rings (SSSR count). The minimum atomic E-state index is -3.53. The second-order valence-electron chi connectivity index (χ2n) is 6.81. The van der Waals surface area contributed by atoms with Crippen LogP contribution in [-0.2, 0) is 10.0 Å². The fourth-order valence-corrected chi connectivity index (χ4v) is 4.87. The van der Waals surface area contributed by atoms with Gasteiger partial charge in [-0.15, -0.1) is 0 Å². The maximum atomic E-state index is 12.6. The van der Waals surface area contributed by atoms with Crippen LogP contribution in [0.25, 0.3) is 10.9 Å². The third kappa shape index (κ3) is 4.12. The summed E-state index contributed by atoms with van der Waals surface area (Å²) in [6, 6.07) is 13.0. The van der Waals surface area contributed by atoms with Gasteiger partial charge in [0.1, 0.15) is 5.69 Å². The van der Waals surface area contributed by atoms with E-state index in [1.807, 2.05) is 6.92 Å². The highest BCUT2D eigenvalue weighted by atomic mass is 32.2. The van der Waals surface area contributed by atoms with E-state index >= 15 is 0 Å². The molecule has 0 amide bonds. The van der Waals surface area contributed by atoms with Crippen molar-refractivity contribution in [1.82, 2.24) is 9.29 Å². The summed E-state index contributed by atoms with van der Waals surface area (Å²) in [5.41, 5.74) is 1.71. The number of hydrogen-bond donors (Lipinski definition) is 1. The van der Waals surface area contributed by atoms with Crippen LogP contribution in [0.4, 0.5) is 11.4 Å². The SMILES string of the molecule is CCN(CC)S(=O)(=O)c1ccc(C(C)Nc2ccc3ncccc3c2[N+](=O)[O-])cc1. The number of anilines is 1. The van der Waals surface area contributed by atoms with E-state index in [9.17, 15) is 18.5 Å². The third-order valence-electron chi connectivity index (χ3n) is 5.03. The number of sulfonamides is 1. The van der Waals surface area contributed by atoms with Crippen molar-refractivity contribution in [3.8, 4) is 0 Å². The van der Waals surface area contributed by atoms with E-state index in [4.69, 9.17) is 0 Å². The molecule has 1 aromatic heterocycles. The molecule has 2 aromatic carbocycles. The smallest absolute Gasteiger partial charge is 0.301 e. The van der Waals surface area contributed by atoms with Crippen LogP contribution in [-0.4, -0.2) is 35.7 Å². The van der Waals surface area contributed by atoms with E-state index in [1.54, 1.807) is 68.6 Å². The molecule has 0 fully saturated rings. The molecule has 0 aliphatic carbocycles. The highest BCUT2D eigenvalue weighted by molar-refractivity contribution is 7.89. The molecule has 0 spiro atoms. The molecule has 0 saturated heterocycles. The van der Waals surface area contributed by atoms with Crippen LogP contribution >= 0.6 is 0 Å². The van der Waals surface area contributed by atoms with Gasteiger partial charge in [0, 0.05) is 25.3 Å². The summed E-state index contributed by atoms with van der Waals surface area (Å²) in [6.07, 6.45) is 1.59. The Hall–Kier alpha value is -3.04. The van der Waals surface area contributed by atoms with Gasteiger partial charge in [0.25, 0.3) is 0 Å². The average Bonchev–Trinajstić information content (AvgIpc) is 2.74. The summed E-state index contributed by atoms with van der Waals surface area (Å²) in [6.45, 7) is 6.27. The van der Waals surface area contributed by atoms with Gasteiger partial charge >= 0.3 is 5.69 Å². The lowest BCUT2D eigenvalue weighted by atomic mass is 10.1. The average molecular weight is 429 g/mol. The van der Waals surface area contributed by atoms with E-state index < -0.39 is 14.9 Å². The van der Waals surface area contributed by atoms with Crippen LogP contribution in [0.2, 0.25) is 0 Å². The monoisotopic (exact) mass is 428 g/mol. The molecule has 0 aliphatic heterocycles. The van der Waals surface area contributed by atoms with E-state index in [1.165, 1.54) is 4.31 Å². The van der Waals surface area contributed by atoms with Crippen LogP contribution in [0.5, 0.6) is 0 Å². The van der Waals surface area contributed by atoms with Crippen molar-refractivity contribution in [1.29, 1.82) is 0 Å². The number of fused-ring (bicyclic) bond motifs is 1. The van der Waals surface area contributed by atoms with Gasteiger partial charge in [0.15, 0.2) is 0 Å². The Morgan fingerprint density at radius 3 is 2.37 bits per heavy atom. The maximum Gasteiger partial charge on any atom is 0.301 e. The standard InChI is InChI=1S/C21H24N4O4S/c1-4-24(5-2)30(28,29)17-10-8-16(9-11-17)15(3)23-20-13-12-19-18(7-6-14-22-19)21(20)25(26)27/h6-15,23H,4-5H2,1-3H3. The summed E-state index contributed by atoms with van der Waals surface area (Å²) < 4.78 is 26.7. The zero-order valence-corrected chi connectivity index (χ0v) is 17.9. The number of rotatable bonds is 8. The summed E-state index contributed by atoms with van der Waals surface area (Å²) in [4.78, 5) is 15.7. The van der Waals surface area contributed by atoms with E-state index in [-0.39, 0.29) is 16.6 Å². The topological polar surface area (TPSA) is 105 Å². The number of nitro groups is 1. The van der Waals surface area contributed by atoms with Crippen molar-refractivity contribution in [2.75, 3.05) is 18.4 Å². The number of nitro benzene ring substituents is 1. The van der Waals surface area contributed by atoms with E-state index in [2.05, 4.69) is 10.3 Å². The molecule has 3 aromatic rings. The molecule has 1 unspecified atom stereocenters. The predicted octanol–water partition coefficient (Wildman–Crippen LogP) is 4.35. The Balaban J connectivity index is 1.89. The van der Waals surface area contributed by atoms with Crippen LogP contribution in [0, 0.1) is 10.1 Å². The summed E-state index contributed by atoms with van der Waals surface area (Å²) in [5, 5.41) is 15.3. The summed E-state index contributed by atoms with van der Waals surface area (Å²) >= 11 is 0. The second-order valence-corrected chi connectivity index (χ2v) is 8.75. The summed E-state index contributed by atoms with van der Waals surface area (Å²) in [5.74, 6) is 0. The van der Waals surface area contributed by atoms with Crippen molar-refractivity contribution >= 4 is 32.3 Å². The Morgan fingerprint density at radius 1 is 1.10 bits per heavy atom. The second kappa shape index (κ2) is 8.76. The Kier molecular flexibility index (Phi) is 6.33. The minimum absolute atomic E-state index is 0.0341. The van der Waals surface area contributed by atoms with Gasteiger partial charge in [-0.25, -0.2) is 8.42 Å². The molecule has 0 saturated carbocycles. The lowest BCUT2D eigenvalue weighted by Gasteiger charge is -2.20. The van der Waals surface area contributed by atoms with Crippen molar-refractivity contribution in [3.05, 3.63) is 70.4 Å². The van der Waals surface area contributed by atoms with Gasteiger partial charge in [0.05, 0.1) is 20.7 Å². The number of hydrogen-bond acceptors (Lipinski definition) is 6. The minimum Gasteiger partial charge on any atom is -0.373 e. The Bertz CT molecular complexity index is 1160. The zero-order valence-electron chi connectivity index (χ0n) is 17.1. The van der Waals surface area contributed by atoms with Crippen LogP contribution in [0.3, 0.4) is 0 Å². The molecular weight excluding hydrogens is 404 g/mol. The first kappa shape index (κ1) is 21.7. The van der Waals surface area contributed by atoms with Gasteiger partial charge in [-0.3, -0.25) is 15.1 Å². The third-order valence-corrected chi connectivity index (χ3v) is 7.10. The van der Waals surface area contributed by atoms with Gasteiger partial charge < -0.3 is 5.32 Å². The molecule has 8 nitrogen and oxygen atoms in total. The number of aromatic nitrogens is 1. The molecule has 0 radical (unpaired) electrons. The molecule has 0 aliphatic rings. The molecule has 158 valence electrons. The largest absolute Gasteiger partial charge is 0.373 e. The molecule has 0 bridgehead atoms. The van der Waals surface area contributed by atoms with Crippen LogP contribution in [0.15, 0.2) is 59.6 Å². The molecule has 1 heterocycles. The van der Waals surface area contributed by atoms with Gasteiger partial charge in [-0.05, 0) is 48.9 Å². The van der Waals surface area contributed by atoms with Crippen LogP contribution < -0.4 is 5.32 Å². The maximum absolute atomic E-state index is 12.6. The van der Waals surface area contributed by atoms with Crippen molar-refractivity contribution < 1.29 is 13.3 Å². The van der Waals surface area contributed by atoms with Gasteiger partial charge in [-0.2, -0.15) is 4.31 Å². The first-order valence-corrected chi connectivity index (χ1v) is 11.1. The zero-order chi connectivity index (χ0) is 21.9. The van der Waals surface area contributed by atoms with E-state index in [0.29, 0.717) is 29.7 Å². The van der Waals surface area contributed by atoms with Gasteiger partial charge in [-0.1, -0.05) is 26.0 Å². The first-order chi connectivity index (χ1) is 14.3.